The van der Waals surface area contributed by atoms with Gasteiger partial charge in [0.25, 0.3) is 0 Å². The number of carboxylic acid groups (broad SMARTS) is 1. The first kappa shape index (κ1) is 26.7. The fourth-order valence-corrected chi connectivity index (χ4v) is 4.36. The molecule has 182 valence electrons. The summed E-state index contributed by atoms with van der Waals surface area (Å²) in [5.41, 5.74) is 4.45. The molecular formula is C27H39NO5. The van der Waals surface area contributed by atoms with Crippen molar-refractivity contribution in [1.29, 1.82) is 0 Å². The summed E-state index contributed by atoms with van der Waals surface area (Å²) in [6, 6.07) is 3.53. The molecular weight excluding hydrogens is 418 g/mol. The molecule has 1 aromatic heterocycles. The quantitative estimate of drug-likeness (QED) is 0.620. The lowest BCUT2D eigenvalue weighted by Crippen LogP contribution is -2.23. The summed E-state index contributed by atoms with van der Waals surface area (Å²) in [5.74, 6) is 0.534. The molecule has 0 spiro atoms. The van der Waals surface area contributed by atoms with Crippen LogP contribution in [0.15, 0.2) is 23.1 Å². The number of ether oxygens (including phenoxy) is 2. The van der Waals surface area contributed by atoms with E-state index in [1.54, 1.807) is 7.11 Å². The van der Waals surface area contributed by atoms with Crippen molar-refractivity contribution in [3.05, 3.63) is 50.8 Å². The number of carbonyl (C=O) groups is 1. The number of nitrogens with zero attached hydrogens (tertiary/aromatic N) is 1. The Morgan fingerprint density at radius 2 is 1.94 bits per heavy atom. The van der Waals surface area contributed by atoms with Crippen molar-refractivity contribution in [3.63, 3.8) is 0 Å². The number of pyridine rings is 1. The van der Waals surface area contributed by atoms with Crippen LogP contribution in [0.4, 0.5) is 0 Å². The maximum Gasteiger partial charge on any atom is 0.341 e. The lowest BCUT2D eigenvalue weighted by molar-refractivity contribution is 0.0694. The molecule has 0 radical (unpaired) electrons. The second kappa shape index (κ2) is 12.0. The molecule has 1 atom stereocenters. The van der Waals surface area contributed by atoms with Gasteiger partial charge in [0.15, 0.2) is 5.43 Å². The van der Waals surface area contributed by atoms with Gasteiger partial charge >= 0.3 is 5.97 Å². The van der Waals surface area contributed by atoms with E-state index in [2.05, 4.69) is 33.8 Å². The van der Waals surface area contributed by atoms with Gasteiger partial charge in [-0.15, -0.1) is 0 Å². The maximum atomic E-state index is 12.3. The van der Waals surface area contributed by atoms with Crippen LogP contribution in [0.2, 0.25) is 0 Å². The van der Waals surface area contributed by atoms with E-state index in [0.29, 0.717) is 6.54 Å². The molecule has 0 aliphatic carbocycles. The number of rotatable bonds is 4. The predicted molar refractivity (Wildman–Crippen MR) is 133 cm³/mol. The van der Waals surface area contributed by atoms with Gasteiger partial charge in [-0.3, -0.25) is 4.79 Å². The minimum atomic E-state index is -1.19. The SMILES string of the molecule is CC.CC(C)C.CCc1c2c(cc(C3CCCO3)c1OC)-c1cc(=O)c(C(=O)O)cn1CC2. The summed E-state index contributed by atoms with van der Waals surface area (Å²) in [7, 11) is 1.69. The average Bonchev–Trinajstić information content (AvgIpc) is 3.32. The van der Waals surface area contributed by atoms with E-state index in [-0.39, 0.29) is 11.7 Å². The Labute approximate surface area is 197 Å². The van der Waals surface area contributed by atoms with Crippen LogP contribution in [-0.4, -0.2) is 29.4 Å². The number of hydrogen-bond acceptors (Lipinski definition) is 4. The Hall–Kier alpha value is -2.60. The van der Waals surface area contributed by atoms with Crippen molar-refractivity contribution in [2.75, 3.05) is 13.7 Å². The fourth-order valence-electron chi connectivity index (χ4n) is 4.36. The highest BCUT2D eigenvalue weighted by molar-refractivity contribution is 5.87. The number of aromatic nitrogens is 1. The number of aryl methyl sites for hydroxylation is 1. The normalized spacial score (nSPS) is 16.1. The van der Waals surface area contributed by atoms with Crippen molar-refractivity contribution in [2.24, 2.45) is 5.92 Å². The maximum absolute atomic E-state index is 12.3. The van der Waals surface area contributed by atoms with Crippen molar-refractivity contribution < 1.29 is 19.4 Å². The van der Waals surface area contributed by atoms with E-state index in [4.69, 9.17) is 9.47 Å². The summed E-state index contributed by atoms with van der Waals surface area (Å²) >= 11 is 0. The number of fused-ring (bicyclic) bond motifs is 3. The zero-order chi connectivity index (χ0) is 24.7. The van der Waals surface area contributed by atoms with E-state index >= 15 is 0 Å². The molecule has 6 heteroatoms. The van der Waals surface area contributed by atoms with Gasteiger partial charge in [-0.05, 0) is 48.8 Å². The first-order valence-corrected chi connectivity index (χ1v) is 12.1. The van der Waals surface area contributed by atoms with Crippen LogP contribution in [0.25, 0.3) is 11.3 Å². The monoisotopic (exact) mass is 457 g/mol. The third kappa shape index (κ3) is 5.85. The Morgan fingerprint density at radius 3 is 2.45 bits per heavy atom. The van der Waals surface area contributed by atoms with E-state index < -0.39 is 11.4 Å². The van der Waals surface area contributed by atoms with Gasteiger partial charge in [0, 0.05) is 36.5 Å². The second-order valence-electron chi connectivity index (χ2n) is 8.78. The summed E-state index contributed by atoms with van der Waals surface area (Å²) in [6.45, 7) is 14.0. The molecule has 1 N–H and O–H groups in total. The highest BCUT2D eigenvalue weighted by Crippen LogP contribution is 2.43. The topological polar surface area (TPSA) is 77.8 Å². The lowest BCUT2D eigenvalue weighted by atomic mass is 9.86. The highest BCUT2D eigenvalue weighted by Gasteiger charge is 2.29. The van der Waals surface area contributed by atoms with Crippen LogP contribution in [-0.2, 0) is 24.1 Å². The lowest BCUT2D eigenvalue weighted by Gasteiger charge is -2.28. The van der Waals surface area contributed by atoms with Gasteiger partial charge in [-0.25, -0.2) is 4.79 Å². The molecule has 1 fully saturated rings. The Balaban J connectivity index is 0.000000582. The summed E-state index contributed by atoms with van der Waals surface area (Å²) in [6.07, 6.45) is 5.02. The fraction of sp³-hybridized carbons (Fsp3) is 0.556. The van der Waals surface area contributed by atoms with Gasteiger partial charge in [0.1, 0.15) is 11.3 Å². The smallest absolute Gasteiger partial charge is 0.341 e. The third-order valence-electron chi connectivity index (χ3n) is 5.60. The Kier molecular flexibility index (Phi) is 9.71. The van der Waals surface area contributed by atoms with Crippen LogP contribution in [0, 0.1) is 5.92 Å². The zero-order valence-corrected chi connectivity index (χ0v) is 21.2. The standard InChI is InChI=1S/C21H23NO5.C4H10.C2H6/c1-3-12-13-6-7-22-11-16(21(24)25)18(23)10-17(22)14(13)9-15(20(12)26-2)19-5-4-8-27-19;1-4(2)3;1-2/h9-11,19H,3-8H2,1-2H3,(H,24,25);4H,1-3H3;1-2H3. The Bertz CT molecular complexity index is 1010. The average molecular weight is 458 g/mol. The molecule has 2 aliphatic rings. The molecule has 1 saturated heterocycles. The molecule has 1 aromatic carbocycles. The van der Waals surface area contributed by atoms with Gasteiger partial charge in [-0.1, -0.05) is 41.5 Å². The van der Waals surface area contributed by atoms with E-state index in [0.717, 1.165) is 66.3 Å². The summed E-state index contributed by atoms with van der Waals surface area (Å²) in [4.78, 5) is 23.6. The van der Waals surface area contributed by atoms with Crippen molar-refractivity contribution in [2.45, 2.75) is 79.9 Å². The number of benzene rings is 1. The first-order chi connectivity index (χ1) is 15.8. The molecule has 1 unspecified atom stereocenters. The molecule has 0 amide bonds. The second-order valence-corrected chi connectivity index (χ2v) is 8.78. The van der Waals surface area contributed by atoms with E-state index in [1.807, 2.05) is 18.4 Å². The molecule has 3 heterocycles. The van der Waals surface area contributed by atoms with Crippen LogP contribution in [0.1, 0.15) is 87.5 Å². The van der Waals surface area contributed by atoms with Crippen LogP contribution >= 0.6 is 0 Å². The van der Waals surface area contributed by atoms with E-state index in [1.165, 1.54) is 17.8 Å². The molecule has 0 bridgehead atoms. The van der Waals surface area contributed by atoms with E-state index in [9.17, 15) is 14.7 Å². The summed E-state index contributed by atoms with van der Waals surface area (Å²) < 4.78 is 13.6. The largest absolute Gasteiger partial charge is 0.496 e. The Morgan fingerprint density at radius 1 is 1.27 bits per heavy atom. The van der Waals surface area contributed by atoms with Gasteiger partial charge in [0.2, 0.25) is 0 Å². The zero-order valence-electron chi connectivity index (χ0n) is 21.2. The molecule has 2 aliphatic heterocycles. The summed E-state index contributed by atoms with van der Waals surface area (Å²) in [5, 5.41) is 9.25. The number of carboxylic acids is 1. The van der Waals surface area contributed by atoms with Gasteiger partial charge < -0.3 is 19.1 Å². The molecule has 6 nitrogen and oxygen atoms in total. The first-order valence-electron chi connectivity index (χ1n) is 12.1. The molecule has 0 saturated carbocycles. The van der Waals surface area contributed by atoms with Crippen LogP contribution < -0.4 is 10.2 Å². The van der Waals surface area contributed by atoms with Crippen LogP contribution in [0.3, 0.4) is 0 Å². The molecule has 33 heavy (non-hydrogen) atoms. The van der Waals surface area contributed by atoms with Crippen molar-refractivity contribution >= 4 is 5.97 Å². The minimum absolute atomic E-state index is 0.00376. The highest BCUT2D eigenvalue weighted by atomic mass is 16.5. The van der Waals surface area contributed by atoms with Crippen molar-refractivity contribution in [1.82, 2.24) is 4.57 Å². The molecule has 4 rings (SSSR count). The number of aromatic carboxylic acids is 1. The van der Waals surface area contributed by atoms with Gasteiger partial charge in [0.05, 0.1) is 18.9 Å². The minimum Gasteiger partial charge on any atom is -0.496 e. The van der Waals surface area contributed by atoms with Crippen LogP contribution in [0.5, 0.6) is 5.75 Å². The molecule has 2 aromatic rings. The van der Waals surface area contributed by atoms with Gasteiger partial charge in [-0.2, -0.15) is 0 Å². The third-order valence-corrected chi connectivity index (χ3v) is 5.60. The van der Waals surface area contributed by atoms with Crippen molar-refractivity contribution in [3.8, 4) is 17.0 Å². The number of methoxy groups -OCH3 is 1. The predicted octanol–water partition coefficient (Wildman–Crippen LogP) is 5.88. The number of hydrogen-bond donors (Lipinski definition) is 1.